The molecule has 0 bridgehead atoms. The summed E-state index contributed by atoms with van der Waals surface area (Å²) < 4.78 is 15.6. The first-order valence-corrected chi connectivity index (χ1v) is 6.78. The third-order valence-electron chi connectivity index (χ3n) is 2.89. The first-order chi connectivity index (χ1) is 9.65. The van der Waals surface area contributed by atoms with Gasteiger partial charge in [-0.25, -0.2) is 0 Å². The highest BCUT2D eigenvalue weighted by Gasteiger charge is 2.07. The van der Waals surface area contributed by atoms with Crippen LogP contribution in [0.2, 0.25) is 0 Å². The molecule has 0 fully saturated rings. The lowest BCUT2D eigenvalue weighted by molar-refractivity contribution is 0.0424. The number of hydrogen-bond acceptors (Lipinski definition) is 5. The smallest absolute Gasteiger partial charge is 0.119 e. The quantitative estimate of drug-likeness (QED) is 0.658. The lowest BCUT2D eigenvalue weighted by Crippen LogP contribution is -2.33. The second-order valence-electron chi connectivity index (χ2n) is 4.75. The fourth-order valence-corrected chi connectivity index (χ4v) is 1.89. The van der Waals surface area contributed by atoms with Crippen molar-refractivity contribution in [3.63, 3.8) is 0 Å². The highest BCUT2D eigenvalue weighted by Crippen LogP contribution is 2.16. The van der Waals surface area contributed by atoms with Crippen molar-refractivity contribution in [2.75, 3.05) is 47.6 Å². The van der Waals surface area contributed by atoms with E-state index in [1.54, 1.807) is 14.2 Å². The largest absolute Gasteiger partial charge is 0.497 e. The minimum Gasteiger partial charge on any atom is -0.497 e. The maximum absolute atomic E-state index is 9.59. The van der Waals surface area contributed by atoms with E-state index in [1.807, 2.05) is 31.3 Å². The summed E-state index contributed by atoms with van der Waals surface area (Å²) >= 11 is 0. The molecule has 1 aromatic rings. The highest BCUT2D eigenvalue weighted by atomic mass is 16.5. The van der Waals surface area contributed by atoms with Gasteiger partial charge in [-0.3, -0.25) is 0 Å². The first kappa shape index (κ1) is 16.8. The van der Waals surface area contributed by atoms with Gasteiger partial charge in [0.05, 0.1) is 26.4 Å². The van der Waals surface area contributed by atoms with Gasteiger partial charge in [-0.2, -0.15) is 0 Å². The van der Waals surface area contributed by atoms with E-state index >= 15 is 0 Å². The fraction of sp³-hybridized carbons (Fsp3) is 0.600. The lowest BCUT2D eigenvalue weighted by atomic mass is 10.3. The van der Waals surface area contributed by atoms with Crippen molar-refractivity contribution in [2.45, 2.75) is 12.5 Å². The van der Waals surface area contributed by atoms with Crippen molar-refractivity contribution in [1.82, 2.24) is 4.90 Å². The molecular weight excluding hydrogens is 258 g/mol. The SMILES string of the molecule is COC[C@H](O)CN(C)CCCOc1ccc(OC)cc1. The summed E-state index contributed by atoms with van der Waals surface area (Å²) in [5.41, 5.74) is 0. The number of rotatable bonds is 10. The molecule has 5 nitrogen and oxygen atoms in total. The molecule has 5 heteroatoms. The Morgan fingerprint density at radius 3 is 2.40 bits per heavy atom. The number of methoxy groups -OCH3 is 2. The summed E-state index contributed by atoms with van der Waals surface area (Å²) in [6.07, 6.45) is 0.467. The Balaban J connectivity index is 2.14. The van der Waals surface area contributed by atoms with Gasteiger partial charge in [0.1, 0.15) is 11.5 Å². The molecule has 0 aliphatic carbocycles. The molecule has 1 aromatic carbocycles. The predicted molar refractivity (Wildman–Crippen MR) is 78.5 cm³/mol. The normalized spacial score (nSPS) is 12.4. The van der Waals surface area contributed by atoms with Crippen LogP contribution >= 0.6 is 0 Å². The molecule has 0 unspecified atom stereocenters. The summed E-state index contributed by atoms with van der Waals surface area (Å²) in [6, 6.07) is 7.54. The molecule has 1 atom stereocenters. The number of ether oxygens (including phenoxy) is 3. The van der Waals surface area contributed by atoms with Gasteiger partial charge in [0.25, 0.3) is 0 Å². The molecule has 114 valence electrons. The maximum atomic E-state index is 9.59. The van der Waals surface area contributed by atoms with Crippen LogP contribution in [-0.4, -0.2) is 63.7 Å². The zero-order chi connectivity index (χ0) is 14.8. The van der Waals surface area contributed by atoms with Crippen molar-refractivity contribution in [2.24, 2.45) is 0 Å². The Hall–Kier alpha value is -1.30. The van der Waals surface area contributed by atoms with Gasteiger partial charge in [-0.15, -0.1) is 0 Å². The third kappa shape index (κ3) is 6.75. The lowest BCUT2D eigenvalue weighted by Gasteiger charge is -2.20. The van der Waals surface area contributed by atoms with Crippen molar-refractivity contribution < 1.29 is 19.3 Å². The van der Waals surface area contributed by atoms with Crippen LogP contribution in [0, 0.1) is 0 Å². The second kappa shape index (κ2) is 9.58. The maximum Gasteiger partial charge on any atom is 0.119 e. The number of aliphatic hydroxyl groups excluding tert-OH is 1. The van der Waals surface area contributed by atoms with Crippen LogP contribution in [0.25, 0.3) is 0 Å². The molecule has 0 amide bonds. The molecule has 0 heterocycles. The van der Waals surface area contributed by atoms with Gasteiger partial charge in [0.15, 0.2) is 0 Å². The van der Waals surface area contributed by atoms with Crippen molar-refractivity contribution >= 4 is 0 Å². The van der Waals surface area contributed by atoms with Crippen LogP contribution in [0.1, 0.15) is 6.42 Å². The molecule has 0 saturated carbocycles. The van der Waals surface area contributed by atoms with Crippen LogP contribution in [0.5, 0.6) is 11.5 Å². The van der Waals surface area contributed by atoms with Gasteiger partial charge in [-0.05, 0) is 37.7 Å². The number of hydrogen-bond donors (Lipinski definition) is 1. The molecule has 1 rings (SSSR count). The molecule has 0 radical (unpaired) electrons. The van der Waals surface area contributed by atoms with E-state index in [0.717, 1.165) is 24.5 Å². The van der Waals surface area contributed by atoms with Crippen molar-refractivity contribution in [1.29, 1.82) is 0 Å². The van der Waals surface area contributed by atoms with E-state index in [1.165, 1.54) is 0 Å². The summed E-state index contributed by atoms with van der Waals surface area (Å²) in [6.45, 7) is 2.50. The third-order valence-corrected chi connectivity index (χ3v) is 2.89. The van der Waals surface area contributed by atoms with Crippen LogP contribution in [-0.2, 0) is 4.74 Å². The number of likely N-dealkylation sites (N-methyl/N-ethyl adjacent to an activating group) is 1. The number of aliphatic hydroxyl groups is 1. The van der Waals surface area contributed by atoms with E-state index in [4.69, 9.17) is 14.2 Å². The zero-order valence-electron chi connectivity index (χ0n) is 12.5. The molecule has 0 aliphatic heterocycles. The number of nitrogens with zero attached hydrogens (tertiary/aromatic N) is 1. The summed E-state index contributed by atoms with van der Waals surface area (Å²) in [5, 5.41) is 9.59. The molecule has 0 aromatic heterocycles. The second-order valence-corrected chi connectivity index (χ2v) is 4.75. The molecule has 1 N–H and O–H groups in total. The van der Waals surface area contributed by atoms with Gasteiger partial charge >= 0.3 is 0 Å². The average Bonchev–Trinajstić information content (AvgIpc) is 2.44. The Morgan fingerprint density at radius 1 is 1.15 bits per heavy atom. The molecule has 20 heavy (non-hydrogen) atoms. The minimum atomic E-state index is -0.437. The fourth-order valence-electron chi connectivity index (χ4n) is 1.89. The van der Waals surface area contributed by atoms with E-state index in [0.29, 0.717) is 19.8 Å². The molecule has 0 spiro atoms. The van der Waals surface area contributed by atoms with E-state index in [9.17, 15) is 5.11 Å². The van der Waals surface area contributed by atoms with Crippen molar-refractivity contribution in [3.8, 4) is 11.5 Å². The monoisotopic (exact) mass is 283 g/mol. The number of benzene rings is 1. The van der Waals surface area contributed by atoms with Crippen LogP contribution < -0.4 is 9.47 Å². The van der Waals surface area contributed by atoms with Gasteiger partial charge in [0.2, 0.25) is 0 Å². The van der Waals surface area contributed by atoms with Gasteiger partial charge in [0, 0.05) is 20.2 Å². The average molecular weight is 283 g/mol. The standard InChI is InChI=1S/C15H25NO4/c1-16(11-13(17)12-18-2)9-4-10-20-15-7-5-14(19-3)6-8-15/h5-8,13,17H,4,9-12H2,1-3H3/t13-/m1/s1. The van der Waals surface area contributed by atoms with Gasteiger partial charge in [-0.1, -0.05) is 0 Å². The Kier molecular flexibility index (Phi) is 8.02. The van der Waals surface area contributed by atoms with E-state index in [2.05, 4.69) is 4.90 Å². The van der Waals surface area contributed by atoms with Crippen LogP contribution in [0.15, 0.2) is 24.3 Å². The molecule has 0 saturated heterocycles. The van der Waals surface area contributed by atoms with E-state index < -0.39 is 6.10 Å². The Bertz CT molecular complexity index is 355. The molecule has 0 aliphatic rings. The summed E-state index contributed by atoms with van der Waals surface area (Å²) in [7, 11) is 5.21. The first-order valence-electron chi connectivity index (χ1n) is 6.78. The summed E-state index contributed by atoms with van der Waals surface area (Å²) in [5.74, 6) is 1.66. The van der Waals surface area contributed by atoms with Crippen molar-refractivity contribution in [3.05, 3.63) is 24.3 Å². The van der Waals surface area contributed by atoms with Crippen LogP contribution in [0.3, 0.4) is 0 Å². The Labute approximate surface area is 121 Å². The highest BCUT2D eigenvalue weighted by molar-refractivity contribution is 5.31. The molecular formula is C15H25NO4. The topological polar surface area (TPSA) is 51.2 Å². The predicted octanol–water partition coefficient (Wildman–Crippen LogP) is 1.40. The van der Waals surface area contributed by atoms with Gasteiger partial charge < -0.3 is 24.2 Å². The minimum absolute atomic E-state index is 0.368. The summed E-state index contributed by atoms with van der Waals surface area (Å²) in [4.78, 5) is 2.07. The van der Waals surface area contributed by atoms with Crippen LogP contribution in [0.4, 0.5) is 0 Å². The Morgan fingerprint density at radius 2 is 1.80 bits per heavy atom. The van der Waals surface area contributed by atoms with E-state index in [-0.39, 0.29) is 0 Å². The zero-order valence-corrected chi connectivity index (χ0v) is 12.5.